The quantitative estimate of drug-likeness (QED) is 0.756. The van der Waals surface area contributed by atoms with Crippen LogP contribution in [0.4, 0.5) is 0 Å². The van der Waals surface area contributed by atoms with Crippen molar-refractivity contribution in [3.63, 3.8) is 0 Å². The standard InChI is InChI=1S/C11H13NO4S/c1-12-11(13)8-3-4-9-7(10(8)16-2)5-6-17(9,14)15/h3-6,14-15H,1-2H3,(H,12,13). The highest BCUT2D eigenvalue weighted by Gasteiger charge is 2.27. The molecule has 0 spiro atoms. The van der Waals surface area contributed by atoms with Gasteiger partial charge in [-0.25, -0.2) is 0 Å². The van der Waals surface area contributed by atoms with Crippen molar-refractivity contribution >= 4 is 22.6 Å². The maximum Gasteiger partial charge on any atom is 0.254 e. The van der Waals surface area contributed by atoms with Crippen molar-refractivity contribution in [2.45, 2.75) is 4.90 Å². The molecule has 92 valence electrons. The van der Waals surface area contributed by atoms with Crippen LogP contribution in [0.25, 0.3) is 6.08 Å². The average molecular weight is 255 g/mol. The minimum absolute atomic E-state index is 0.276. The molecule has 0 saturated carbocycles. The molecule has 0 aromatic heterocycles. The minimum Gasteiger partial charge on any atom is -0.495 e. The molecule has 1 amide bonds. The fourth-order valence-electron chi connectivity index (χ4n) is 1.77. The van der Waals surface area contributed by atoms with Crippen LogP contribution in [0.1, 0.15) is 15.9 Å². The zero-order valence-electron chi connectivity index (χ0n) is 9.43. The molecule has 0 aliphatic carbocycles. The first-order chi connectivity index (χ1) is 8.01. The summed E-state index contributed by atoms with van der Waals surface area (Å²) < 4.78 is 24.7. The summed E-state index contributed by atoms with van der Waals surface area (Å²) in [6.07, 6.45) is 1.57. The molecule has 0 saturated heterocycles. The summed E-state index contributed by atoms with van der Waals surface area (Å²) in [5.74, 6) is 0.0806. The van der Waals surface area contributed by atoms with Gasteiger partial charge in [0.05, 0.1) is 17.6 Å². The number of methoxy groups -OCH3 is 1. The van der Waals surface area contributed by atoms with Gasteiger partial charge < -0.3 is 10.1 Å². The van der Waals surface area contributed by atoms with Crippen molar-refractivity contribution < 1.29 is 18.6 Å². The van der Waals surface area contributed by atoms with Gasteiger partial charge in [0.2, 0.25) is 0 Å². The summed E-state index contributed by atoms with van der Waals surface area (Å²) in [7, 11) is 0.0910. The third-order valence-electron chi connectivity index (χ3n) is 2.58. The lowest BCUT2D eigenvalue weighted by atomic mass is 10.1. The van der Waals surface area contributed by atoms with Gasteiger partial charge in [-0.2, -0.15) is 0 Å². The molecule has 6 heteroatoms. The lowest BCUT2D eigenvalue weighted by Crippen LogP contribution is -2.19. The van der Waals surface area contributed by atoms with Crippen LogP contribution >= 0.6 is 10.6 Å². The summed E-state index contributed by atoms with van der Waals surface area (Å²) in [6, 6.07) is 3.06. The molecule has 17 heavy (non-hydrogen) atoms. The molecule has 1 aliphatic heterocycles. The Labute approximate surface area is 100 Å². The van der Waals surface area contributed by atoms with Gasteiger partial charge in [0.15, 0.2) is 0 Å². The summed E-state index contributed by atoms with van der Waals surface area (Å²) >= 11 is 0. The Kier molecular flexibility index (Phi) is 2.86. The number of amides is 1. The van der Waals surface area contributed by atoms with Crippen molar-refractivity contribution in [1.29, 1.82) is 0 Å². The van der Waals surface area contributed by atoms with E-state index in [2.05, 4.69) is 5.32 Å². The van der Waals surface area contributed by atoms with E-state index in [1.54, 1.807) is 6.08 Å². The van der Waals surface area contributed by atoms with E-state index in [-0.39, 0.29) is 5.91 Å². The van der Waals surface area contributed by atoms with E-state index in [1.807, 2.05) is 0 Å². The lowest BCUT2D eigenvalue weighted by Gasteiger charge is -2.26. The Hall–Kier alpha value is -1.50. The van der Waals surface area contributed by atoms with Crippen LogP contribution < -0.4 is 10.1 Å². The normalized spacial score (nSPS) is 17.4. The van der Waals surface area contributed by atoms with Crippen LogP contribution in [-0.2, 0) is 0 Å². The first-order valence-electron chi connectivity index (χ1n) is 4.90. The summed E-state index contributed by atoms with van der Waals surface area (Å²) in [5, 5.41) is 3.83. The Morgan fingerprint density at radius 2 is 2.12 bits per heavy atom. The maximum absolute atomic E-state index is 11.6. The molecular weight excluding hydrogens is 242 g/mol. The Balaban J connectivity index is 2.63. The third kappa shape index (κ3) is 1.80. The fourth-order valence-corrected chi connectivity index (χ4v) is 3.00. The molecule has 1 aromatic carbocycles. The number of rotatable bonds is 2. The average Bonchev–Trinajstić information content (AvgIpc) is 2.63. The number of carbonyl (C=O) groups is 1. The molecule has 1 aliphatic rings. The van der Waals surface area contributed by atoms with Crippen molar-refractivity contribution in [2.75, 3.05) is 14.2 Å². The van der Waals surface area contributed by atoms with Gasteiger partial charge in [-0.15, -0.1) is 10.6 Å². The molecule has 2 rings (SSSR count). The molecule has 5 nitrogen and oxygen atoms in total. The topological polar surface area (TPSA) is 78.8 Å². The van der Waals surface area contributed by atoms with Crippen molar-refractivity contribution in [3.8, 4) is 5.75 Å². The lowest BCUT2D eigenvalue weighted by molar-refractivity contribution is 0.0960. The first kappa shape index (κ1) is 12.0. The van der Waals surface area contributed by atoms with Crippen molar-refractivity contribution in [2.24, 2.45) is 0 Å². The Morgan fingerprint density at radius 3 is 2.71 bits per heavy atom. The van der Waals surface area contributed by atoms with E-state index in [0.29, 0.717) is 21.8 Å². The predicted molar refractivity (Wildman–Crippen MR) is 66.5 cm³/mol. The number of benzene rings is 1. The van der Waals surface area contributed by atoms with E-state index >= 15 is 0 Å². The number of ether oxygens (including phenoxy) is 1. The molecule has 1 aromatic rings. The van der Waals surface area contributed by atoms with E-state index in [1.165, 1.54) is 31.7 Å². The molecule has 0 atom stereocenters. The van der Waals surface area contributed by atoms with Crippen LogP contribution in [0.3, 0.4) is 0 Å². The summed E-state index contributed by atoms with van der Waals surface area (Å²) in [6.45, 7) is 0. The van der Waals surface area contributed by atoms with E-state index in [0.717, 1.165) is 0 Å². The molecule has 0 unspecified atom stereocenters. The zero-order chi connectivity index (χ0) is 12.6. The molecule has 1 heterocycles. The molecule has 0 radical (unpaired) electrons. The second-order valence-electron chi connectivity index (χ2n) is 3.53. The summed E-state index contributed by atoms with van der Waals surface area (Å²) in [5.41, 5.74) is 0.920. The fraction of sp³-hybridized carbons (Fsp3) is 0.182. The molecular formula is C11H13NO4S. The van der Waals surface area contributed by atoms with Gasteiger partial charge in [-0.3, -0.25) is 13.9 Å². The van der Waals surface area contributed by atoms with Gasteiger partial charge in [0.1, 0.15) is 5.75 Å². The van der Waals surface area contributed by atoms with E-state index in [9.17, 15) is 13.9 Å². The monoisotopic (exact) mass is 255 g/mol. The van der Waals surface area contributed by atoms with E-state index < -0.39 is 10.6 Å². The van der Waals surface area contributed by atoms with Crippen LogP contribution in [0.5, 0.6) is 5.75 Å². The smallest absolute Gasteiger partial charge is 0.254 e. The van der Waals surface area contributed by atoms with Gasteiger partial charge in [-0.05, 0) is 18.2 Å². The SMILES string of the molecule is CNC(=O)c1ccc2c(c1OC)C=CS2(O)O. The van der Waals surface area contributed by atoms with Crippen LogP contribution in [0.2, 0.25) is 0 Å². The van der Waals surface area contributed by atoms with Crippen molar-refractivity contribution in [1.82, 2.24) is 5.32 Å². The second kappa shape index (κ2) is 4.06. The Morgan fingerprint density at radius 1 is 1.41 bits per heavy atom. The molecule has 0 bridgehead atoms. The van der Waals surface area contributed by atoms with Gasteiger partial charge in [0.25, 0.3) is 5.91 Å². The van der Waals surface area contributed by atoms with E-state index in [4.69, 9.17) is 4.74 Å². The number of fused-ring (bicyclic) bond motifs is 1. The number of carbonyl (C=O) groups excluding carboxylic acids is 1. The third-order valence-corrected chi connectivity index (χ3v) is 4.10. The molecule has 3 N–H and O–H groups in total. The predicted octanol–water partition coefficient (Wildman–Crippen LogP) is 2.15. The summed E-state index contributed by atoms with van der Waals surface area (Å²) in [4.78, 5) is 12.0. The highest BCUT2D eigenvalue weighted by atomic mass is 32.3. The number of hydrogen-bond donors (Lipinski definition) is 3. The zero-order valence-corrected chi connectivity index (χ0v) is 10.2. The Bertz CT molecular complexity index is 510. The molecule has 0 fully saturated rings. The second-order valence-corrected chi connectivity index (χ2v) is 5.43. The number of hydrogen-bond acceptors (Lipinski definition) is 4. The maximum atomic E-state index is 11.6. The van der Waals surface area contributed by atoms with Gasteiger partial charge >= 0.3 is 0 Å². The highest BCUT2D eigenvalue weighted by molar-refractivity contribution is 8.27. The van der Waals surface area contributed by atoms with Crippen LogP contribution in [0, 0.1) is 0 Å². The van der Waals surface area contributed by atoms with Gasteiger partial charge in [0, 0.05) is 18.0 Å². The minimum atomic E-state index is -2.88. The number of nitrogens with one attached hydrogen (secondary N) is 1. The van der Waals surface area contributed by atoms with Crippen LogP contribution in [-0.4, -0.2) is 29.2 Å². The van der Waals surface area contributed by atoms with Crippen LogP contribution in [0.15, 0.2) is 22.4 Å². The highest BCUT2D eigenvalue weighted by Crippen LogP contribution is 2.58. The largest absolute Gasteiger partial charge is 0.495 e. The van der Waals surface area contributed by atoms with Crippen molar-refractivity contribution in [3.05, 3.63) is 28.7 Å². The van der Waals surface area contributed by atoms with Gasteiger partial charge in [-0.1, -0.05) is 0 Å². The first-order valence-corrected chi connectivity index (χ1v) is 6.51.